The average molecular weight is 266 g/mol. The average Bonchev–Trinajstić information content (AvgIpc) is 2.02. The molecule has 1 amide bonds. The summed E-state index contributed by atoms with van der Waals surface area (Å²) in [6.07, 6.45) is 0.730. The molecule has 0 N–H and O–H groups in total. The second-order valence-electron chi connectivity index (χ2n) is 4.10. The molecule has 0 rings (SSSR count). The van der Waals surface area contributed by atoms with Gasteiger partial charge in [-0.15, -0.1) is 0 Å². The molecule has 0 aromatic heterocycles. The van der Waals surface area contributed by atoms with Crippen LogP contribution in [-0.4, -0.2) is 35.0 Å². The molecule has 0 bridgehead atoms. The van der Waals surface area contributed by atoms with E-state index in [0.717, 1.165) is 18.3 Å². The van der Waals surface area contributed by atoms with Crippen LogP contribution in [0, 0.1) is 0 Å². The van der Waals surface area contributed by atoms with E-state index in [2.05, 4.69) is 15.9 Å². The van der Waals surface area contributed by atoms with Gasteiger partial charge in [-0.3, -0.25) is 0 Å². The van der Waals surface area contributed by atoms with Gasteiger partial charge in [-0.05, 0) is 34.1 Å². The molecule has 14 heavy (non-hydrogen) atoms. The SMILES string of the molecule is CCN(CCCBr)C(=O)OC(C)(C)C. The summed E-state index contributed by atoms with van der Waals surface area (Å²) in [5.74, 6) is 0. The number of amides is 1. The third kappa shape index (κ3) is 6.24. The molecule has 0 unspecified atom stereocenters. The summed E-state index contributed by atoms with van der Waals surface area (Å²) in [4.78, 5) is 13.3. The first kappa shape index (κ1) is 13.8. The maximum atomic E-state index is 11.6. The molecule has 0 aromatic carbocycles. The highest BCUT2D eigenvalue weighted by Crippen LogP contribution is 2.10. The molecule has 0 aliphatic heterocycles. The normalized spacial score (nSPS) is 11.2. The van der Waals surface area contributed by atoms with Crippen LogP contribution in [0.1, 0.15) is 34.1 Å². The van der Waals surface area contributed by atoms with E-state index in [1.807, 2.05) is 27.7 Å². The van der Waals surface area contributed by atoms with E-state index in [1.54, 1.807) is 4.90 Å². The lowest BCUT2D eigenvalue weighted by molar-refractivity contribution is 0.0261. The fourth-order valence-corrected chi connectivity index (χ4v) is 1.21. The molecule has 0 spiro atoms. The molecule has 0 fully saturated rings. The smallest absolute Gasteiger partial charge is 0.410 e. The van der Waals surface area contributed by atoms with Crippen LogP contribution in [0.3, 0.4) is 0 Å². The molecule has 84 valence electrons. The van der Waals surface area contributed by atoms with Crippen molar-refractivity contribution in [3.8, 4) is 0 Å². The molecule has 0 radical (unpaired) electrons. The molecule has 0 saturated carbocycles. The van der Waals surface area contributed by atoms with Crippen LogP contribution in [0.25, 0.3) is 0 Å². The lowest BCUT2D eigenvalue weighted by atomic mass is 10.2. The van der Waals surface area contributed by atoms with Crippen LogP contribution in [0.4, 0.5) is 4.79 Å². The number of alkyl halides is 1. The van der Waals surface area contributed by atoms with Crippen LogP contribution in [0.15, 0.2) is 0 Å². The highest BCUT2D eigenvalue weighted by atomic mass is 79.9. The van der Waals surface area contributed by atoms with Gasteiger partial charge < -0.3 is 9.64 Å². The summed E-state index contributed by atoms with van der Waals surface area (Å²) in [6.45, 7) is 9.03. The molecular weight excluding hydrogens is 246 g/mol. The zero-order chi connectivity index (χ0) is 11.2. The van der Waals surface area contributed by atoms with Crippen LogP contribution < -0.4 is 0 Å². The van der Waals surface area contributed by atoms with Gasteiger partial charge in [0.15, 0.2) is 0 Å². The maximum absolute atomic E-state index is 11.6. The highest BCUT2D eigenvalue weighted by molar-refractivity contribution is 9.09. The van der Waals surface area contributed by atoms with Gasteiger partial charge in [0.05, 0.1) is 0 Å². The molecule has 0 atom stereocenters. The summed E-state index contributed by atoms with van der Waals surface area (Å²) < 4.78 is 5.26. The zero-order valence-electron chi connectivity index (χ0n) is 9.47. The standard InChI is InChI=1S/C10H20BrNO2/c1-5-12(8-6-7-11)9(13)14-10(2,3)4/h5-8H2,1-4H3. The zero-order valence-corrected chi connectivity index (χ0v) is 11.1. The lowest BCUT2D eigenvalue weighted by Gasteiger charge is -2.26. The van der Waals surface area contributed by atoms with Crippen LogP contribution in [-0.2, 0) is 4.74 Å². The summed E-state index contributed by atoms with van der Waals surface area (Å²) >= 11 is 3.34. The monoisotopic (exact) mass is 265 g/mol. The van der Waals surface area contributed by atoms with Crippen molar-refractivity contribution in [1.82, 2.24) is 4.90 Å². The number of halogens is 1. The second-order valence-corrected chi connectivity index (χ2v) is 4.90. The van der Waals surface area contributed by atoms with Crippen molar-refractivity contribution in [1.29, 1.82) is 0 Å². The van der Waals surface area contributed by atoms with Gasteiger partial charge in [0.1, 0.15) is 5.60 Å². The minimum Gasteiger partial charge on any atom is -0.444 e. The maximum Gasteiger partial charge on any atom is 0.410 e. The first-order chi connectivity index (χ1) is 6.40. The van der Waals surface area contributed by atoms with E-state index >= 15 is 0 Å². The minimum absolute atomic E-state index is 0.221. The molecule has 4 heteroatoms. The van der Waals surface area contributed by atoms with E-state index in [1.165, 1.54) is 0 Å². The Labute approximate surface area is 94.9 Å². The Hall–Kier alpha value is -0.250. The molecular formula is C10H20BrNO2. The van der Waals surface area contributed by atoms with Crippen molar-refractivity contribution in [3.63, 3.8) is 0 Å². The van der Waals surface area contributed by atoms with Gasteiger partial charge in [0.2, 0.25) is 0 Å². The Morgan fingerprint density at radius 2 is 2.00 bits per heavy atom. The summed E-state index contributed by atoms with van der Waals surface area (Å²) in [7, 11) is 0. The van der Waals surface area contributed by atoms with Gasteiger partial charge in [0.25, 0.3) is 0 Å². The van der Waals surface area contributed by atoms with Gasteiger partial charge >= 0.3 is 6.09 Å². The molecule has 0 heterocycles. The van der Waals surface area contributed by atoms with E-state index in [4.69, 9.17) is 4.74 Å². The van der Waals surface area contributed by atoms with E-state index in [0.29, 0.717) is 6.54 Å². The third-order valence-corrected chi connectivity index (χ3v) is 2.16. The molecule has 0 saturated heterocycles. The highest BCUT2D eigenvalue weighted by Gasteiger charge is 2.20. The van der Waals surface area contributed by atoms with Crippen molar-refractivity contribution in [2.75, 3.05) is 18.4 Å². The quantitative estimate of drug-likeness (QED) is 0.732. The topological polar surface area (TPSA) is 29.5 Å². The number of hydrogen-bond donors (Lipinski definition) is 0. The number of rotatable bonds is 4. The van der Waals surface area contributed by atoms with Crippen molar-refractivity contribution < 1.29 is 9.53 Å². The first-order valence-corrected chi connectivity index (χ1v) is 6.06. The third-order valence-electron chi connectivity index (χ3n) is 1.60. The number of carbonyl (C=O) groups excluding carboxylic acids is 1. The van der Waals surface area contributed by atoms with Crippen molar-refractivity contribution >= 4 is 22.0 Å². The fraction of sp³-hybridized carbons (Fsp3) is 0.900. The van der Waals surface area contributed by atoms with E-state index < -0.39 is 5.60 Å². The van der Waals surface area contributed by atoms with Gasteiger partial charge in [-0.2, -0.15) is 0 Å². The minimum atomic E-state index is -0.404. The Bertz CT molecular complexity index is 177. The number of carbonyl (C=O) groups is 1. The molecule has 0 aromatic rings. The van der Waals surface area contributed by atoms with Crippen LogP contribution in [0.2, 0.25) is 0 Å². The van der Waals surface area contributed by atoms with Crippen molar-refractivity contribution in [3.05, 3.63) is 0 Å². The van der Waals surface area contributed by atoms with E-state index in [9.17, 15) is 4.79 Å². The summed E-state index contributed by atoms with van der Waals surface area (Å²) in [6, 6.07) is 0. The number of hydrogen-bond acceptors (Lipinski definition) is 2. The molecule has 0 aliphatic carbocycles. The van der Waals surface area contributed by atoms with Gasteiger partial charge in [-0.1, -0.05) is 15.9 Å². The van der Waals surface area contributed by atoms with Crippen molar-refractivity contribution in [2.24, 2.45) is 0 Å². The van der Waals surface area contributed by atoms with Crippen molar-refractivity contribution in [2.45, 2.75) is 39.7 Å². The predicted molar refractivity (Wildman–Crippen MR) is 61.9 cm³/mol. The van der Waals surface area contributed by atoms with Gasteiger partial charge in [-0.25, -0.2) is 4.79 Å². The fourth-order valence-electron chi connectivity index (χ4n) is 0.956. The number of nitrogens with zero attached hydrogens (tertiary/aromatic N) is 1. The summed E-state index contributed by atoms with van der Waals surface area (Å²) in [5.41, 5.74) is -0.404. The van der Waals surface area contributed by atoms with Gasteiger partial charge in [0, 0.05) is 18.4 Å². The Kier molecular flexibility index (Phi) is 6.16. The Morgan fingerprint density at radius 3 is 2.36 bits per heavy atom. The molecule has 0 aliphatic rings. The summed E-state index contributed by atoms with van der Waals surface area (Å²) in [5, 5.41) is 0.909. The Balaban J connectivity index is 4.04. The second kappa shape index (κ2) is 6.27. The lowest BCUT2D eigenvalue weighted by Crippen LogP contribution is -2.37. The largest absolute Gasteiger partial charge is 0.444 e. The first-order valence-electron chi connectivity index (χ1n) is 4.94. The Morgan fingerprint density at radius 1 is 1.43 bits per heavy atom. The van der Waals surface area contributed by atoms with E-state index in [-0.39, 0.29) is 6.09 Å². The van der Waals surface area contributed by atoms with Crippen LogP contribution in [0.5, 0.6) is 0 Å². The molecule has 3 nitrogen and oxygen atoms in total. The predicted octanol–water partition coefficient (Wildman–Crippen LogP) is 3.03. The van der Waals surface area contributed by atoms with Crippen LogP contribution >= 0.6 is 15.9 Å². The number of ether oxygens (including phenoxy) is 1.